The molecule has 21 heavy (non-hydrogen) atoms. The normalized spacial score (nSPS) is 13.6. The molecule has 5 nitrogen and oxygen atoms in total. The Morgan fingerprint density at radius 3 is 2.71 bits per heavy atom. The summed E-state index contributed by atoms with van der Waals surface area (Å²) in [6.45, 7) is 4.40. The number of benzene rings is 1. The van der Waals surface area contributed by atoms with Gasteiger partial charge in [0.15, 0.2) is 6.10 Å². The summed E-state index contributed by atoms with van der Waals surface area (Å²) in [5, 5.41) is 5.75. The lowest BCUT2D eigenvalue weighted by Crippen LogP contribution is -2.38. The number of hydrogen-bond donors (Lipinski definition) is 2. The van der Waals surface area contributed by atoms with Crippen LogP contribution < -0.4 is 15.4 Å². The Morgan fingerprint density at radius 1 is 1.38 bits per heavy atom. The first kappa shape index (κ1) is 17.4. The van der Waals surface area contributed by atoms with E-state index in [2.05, 4.69) is 10.6 Å². The van der Waals surface area contributed by atoms with E-state index in [0.29, 0.717) is 18.9 Å². The number of halogens is 1. The van der Waals surface area contributed by atoms with Gasteiger partial charge in [-0.2, -0.15) is 0 Å². The third-order valence-electron chi connectivity index (χ3n) is 3.15. The summed E-state index contributed by atoms with van der Waals surface area (Å²) in [5.74, 6) is -0.297. The molecule has 2 unspecified atom stereocenters. The smallest absolute Gasteiger partial charge is 0.260 e. The molecule has 2 N–H and O–H groups in total. The van der Waals surface area contributed by atoms with Crippen LogP contribution in [0.1, 0.15) is 25.5 Å². The standard InChI is InChI=1S/C15H23FN2O3/c1-10(17-3)13-6-5-12(16)9-14(13)21-11(2)15(19)18-7-8-20-4/h5-6,9-11,17H,7-8H2,1-4H3,(H,18,19). The number of carbonyl (C=O) groups is 1. The molecule has 0 saturated carbocycles. The zero-order valence-electron chi connectivity index (χ0n) is 12.9. The van der Waals surface area contributed by atoms with Gasteiger partial charge in [-0.05, 0) is 27.0 Å². The van der Waals surface area contributed by atoms with Crippen molar-refractivity contribution >= 4 is 5.91 Å². The van der Waals surface area contributed by atoms with Crippen LogP contribution in [0.2, 0.25) is 0 Å². The molecule has 0 aliphatic rings. The third kappa shape index (κ3) is 5.32. The van der Waals surface area contributed by atoms with E-state index in [1.165, 1.54) is 12.1 Å². The largest absolute Gasteiger partial charge is 0.480 e. The van der Waals surface area contributed by atoms with Crippen LogP contribution in [0, 0.1) is 5.82 Å². The van der Waals surface area contributed by atoms with Crippen LogP contribution in [-0.4, -0.2) is 39.3 Å². The summed E-state index contributed by atoms with van der Waals surface area (Å²) >= 11 is 0. The van der Waals surface area contributed by atoms with Crippen LogP contribution in [0.15, 0.2) is 18.2 Å². The molecular formula is C15H23FN2O3. The van der Waals surface area contributed by atoms with E-state index >= 15 is 0 Å². The topological polar surface area (TPSA) is 59.6 Å². The molecule has 0 spiro atoms. The molecule has 0 aliphatic heterocycles. The quantitative estimate of drug-likeness (QED) is 0.716. The van der Waals surface area contributed by atoms with E-state index in [1.807, 2.05) is 6.92 Å². The first-order valence-electron chi connectivity index (χ1n) is 6.89. The van der Waals surface area contributed by atoms with Gasteiger partial charge in [-0.3, -0.25) is 4.79 Å². The van der Waals surface area contributed by atoms with Gasteiger partial charge in [-0.15, -0.1) is 0 Å². The Kier molecular flexibility index (Phi) is 7.11. The van der Waals surface area contributed by atoms with Gasteiger partial charge in [-0.25, -0.2) is 4.39 Å². The Labute approximate surface area is 124 Å². The number of nitrogens with one attached hydrogen (secondary N) is 2. The predicted octanol–water partition coefficient (Wildman–Crippen LogP) is 1.64. The maximum Gasteiger partial charge on any atom is 0.260 e. The number of amides is 1. The zero-order valence-corrected chi connectivity index (χ0v) is 12.9. The molecule has 0 aliphatic carbocycles. The van der Waals surface area contributed by atoms with Gasteiger partial charge in [0.05, 0.1) is 6.61 Å². The summed E-state index contributed by atoms with van der Waals surface area (Å²) in [6, 6.07) is 4.31. The van der Waals surface area contributed by atoms with E-state index in [-0.39, 0.29) is 11.9 Å². The minimum Gasteiger partial charge on any atom is -0.480 e. The molecule has 1 rings (SSSR count). The molecule has 2 atom stereocenters. The third-order valence-corrected chi connectivity index (χ3v) is 3.15. The number of carbonyl (C=O) groups excluding carboxylic acids is 1. The van der Waals surface area contributed by atoms with Gasteiger partial charge >= 0.3 is 0 Å². The first-order chi connectivity index (χ1) is 9.99. The van der Waals surface area contributed by atoms with Crippen molar-refractivity contribution in [2.75, 3.05) is 27.3 Å². The number of hydrogen-bond acceptors (Lipinski definition) is 4. The minimum absolute atomic E-state index is 0.00986. The fourth-order valence-electron chi connectivity index (χ4n) is 1.79. The number of ether oxygens (including phenoxy) is 2. The van der Waals surface area contributed by atoms with Crippen LogP contribution >= 0.6 is 0 Å². The van der Waals surface area contributed by atoms with Crippen LogP contribution in [0.5, 0.6) is 5.75 Å². The second-order valence-corrected chi connectivity index (χ2v) is 4.74. The fraction of sp³-hybridized carbons (Fsp3) is 0.533. The van der Waals surface area contributed by atoms with Crippen molar-refractivity contribution < 1.29 is 18.7 Å². The lowest BCUT2D eigenvalue weighted by Gasteiger charge is -2.20. The Morgan fingerprint density at radius 2 is 2.10 bits per heavy atom. The lowest BCUT2D eigenvalue weighted by atomic mass is 10.1. The average Bonchev–Trinajstić information content (AvgIpc) is 2.46. The minimum atomic E-state index is -0.716. The van der Waals surface area contributed by atoms with Gasteiger partial charge in [-0.1, -0.05) is 6.07 Å². The molecular weight excluding hydrogens is 275 g/mol. The summed E-state index contributed by atoms with van der Waals surface area (Å²) in [6.07, 6.45) is -0.716. The molecule has 0 radical (unpaired) electrons. The van der Waals surface area contributed by atoms with E-state index in [1.54, 1.807) is 27.1 Å². The second kappa shape index (κ2) is 8.59. The van der Waals surface area contributed by atoms with Crippen LogP contribution in [0.3, 0.4) is 0 Å². The van der Waals surface area contributed by atoms with E-state index in [4.69, 9.17) is 9.47 Å². The van der Waals surface area contributed by atoms with Gasteiger partial charge in [0.1, 0.15) is 11.6 Å². The number of rotatable bonds is 8. The van der Waals surface area contributed by atoms with Crippen LogP contribution in [-0.2, 0) is 9.53 Å². The van der Waals surface area contributed by atoms with Gasteiger partial charge < -0.3 is 20.1 Å². The molecule has 0 saturated heterocycles. The van der Waals surface area contributed by atoms with Gasteiger partial charge in [0, 0.05) is 31.3 Å². The zero-order chi connectivity index (χ0) is 15.8. The molecule has 118 valence electrons. The number of methoxy groups -OCH3 is 1. The molecule has 0 bridgehead atoms. The molecule has 0 heterocycles. The van der Waals surface area contributed by atoms with Crippen molar-refractivity contribution in [2.45, 2.75) is 26.0 Å². The first-order valence-corrected chi connectivity index (χ1v) is 6.89. The Bertz CT molecular complexity index is 468. The molecule has 0 fully saturated rings. The highest BCUT2D eigenvalue weighted by Gasteiger charge is 2.18. The maximum atomic E-state index is 13.4. The summed E-state index contributed by atoms with van der Waals surface area (Å²) < 4.78 is 23.9. The monoisotopic (exact) mass is 298 g/mol. The molecule has 1 amide bonds. The highest BCUT2D eigenvalue weighted by molar-refractivity contribution is 5.80. The molecule has 6 heteroatoms. The van der Waals surface area contributed by atoms with Crippen LogP contribution in [0.4, 0.5) is 4.39 Å². The summed E-state index contributed by atoms with van der Waals surface area (Å²) in [4.78, 5) is 11.9. The van der Waals surface area contributed by atoms with Crippen LogP contribution in [0.25, 0.3) is 0 Å². The molecule has 0 aromatic heterocycles. The van der Waals surface area contributed by atoms with Gasteiger partial charge in [0.2, 0.25) is 0 Å². The van der Waals surface area contributed by atoms with E-state index < -0.39 is 11.9 Å². The highest BCUT2D eigenvalue weighted by Crippen LogP contribution is 2.26. The highest BCUT2D eigenvalue weighted by atomic mass is 19.1. The average molecular weight is 298 g/mol. The van der Waals surface area contributed by atoms with Crippen molar-refractivity contribution in [3.8, 4) is 5.75 Å². The Hall–Kier alpha value is -1.66. The van der Waals surface area contributed by atoms with Crippen molar-refractivity contribution in [1.29, 1.82) is 0 Å². The van der Waals surface area contributed by atoms with Crippen molar-refractivity contribution in [1.82, 2.24) is 10.6 Å². The van der Waals surface area contributed by atoms with Gasteiger partial charge in [0.25, 0.3) is 5.91 Å². The maximum absolute atomic E-state index is 13.4. The molecule has 1 aromatic rings. The SMILES string of the molecule is CNC(C)c1ccc(F)cc1OC(C)C(=O)NCCOC. The van der Waals surface area contributed by atoms with Crippen molar-refractivity contribution in [3.05, 3.63) is 29.6 Å². The van der Waals surface area contributed by atoms with Crippen molar-refractivity contribution in [3.63, 3.8) is 0 Å². The van der Waals surface area contributed by atoms with E-state index in [0.717, 1.165) is 5.56 Å². The van der Waals surface area contributed by atoms with E-state index in [9.17, 15) is 9.18 Å². The predicted molar refractivity (Wildman–Crippen MR) is 78.9 cm³/mol. The summed E-state index contributed by atoms with van der Waals surface area (Å²) in [5.41, 5.74) is 0.801. The molecule has 1 aromatic carbocycles. The summed E-state index contributed by atoms with van der Waals surface area (Å²) in [7, 11) is 3.36. The lowest BCUT2D eigenvalue weighted by molar-refractivity contribution is -0.127. The fourth-order valence-corrected chi connectivity index (χ4v) is 1.79. The second-order valence-electron chi connectivity index (χ2n) is 4.74. The van der Waals surface area contributed by atoms with Crippen molar-refractivity contribution in [2.24, 2.45) is 0 Å². The Balaban J connectivity index is 2.76.